The van der Waals surface area contributed by atoms with Crippen LogP contribution in [0.25, 0.3) is 0 Å². The zero-order valence-corrected chi connectivity index (χ0v) is 11.5. The van der Waals surface area contributed by atoms with E-state index < -0.39 is 0 Å². The lowest BCUT2D eigenvalue weighted by Gasteiger charge is -2.19. The van der Waals surface area contributed by atoms with E-state index in [-0.39, 0.29) is 0 Å². The molecule has 0 aromatic carbocycles. The van der Waals surface area contributed by atoms with Crippen LogP contribution in [-0.4, -0.2) is 35.6 Å². The van der Waals surface area contributed by atoms with Gasteiger partial charge in [-0.1, -0.05) is 51.1 Å². The van der Waals surface area contributed by atoms with Gasteiger partial charge in [-0.15, -0.1) is 0 Å². The maximum absolute atomic E-state index is 8.46. The second-order valence-electron chi connectivity index (χ2n) is 4.54. The van der Waals surface area contributed by atoms with Crippen LogP contribution in [0.15, 0.2) is 5.16 Å². The van der Waals surface area contributed by atoms with Crippen molar-refractivity contribution in [2.75, 3.05) is 19.6 Å². The van der Waals surface area contributed by atoms with E-state index in [1.807, 2.05) is 0 Å². The zero-order chi connectivity index (χ0) is 12.9. The van der Waals surface area contributed by atoms with Crippen molar-refractivity contribution in [1.29, 1.82) is 0 Å². The molecule has 3 N–H and O–H groups in total. The standard InChI is InChI=1S/C13H29N3O/c1-3-5-6-7-8-9-11-16(4-2)12-10-13(14)15-17/h17H,3-12H2,1-2H3,(H2,14,15). The van der Waals surface area contributed by atoms with Crippen molar-refractivity contribution in [3.05, 3.63) is 0 Å². The lowest BCUT2D eigenvalue weighted by Crippen LogP contribution is -2.29. The summed E-state index contributed by atoms with van der Waals surface area (Å²) >= 11 is 0. The molecule has 0 aromatic rings. The third kappa shape index (κ3) is 10.1. The molecule has 0 bridgehead atoms. The Balaban J connectivity index is 3.47. The highest BCUT2D eigenvalue weighted by molar-refractivity contribution is 5.79. The quantitative estimate of drug-likeness (QED) is 0.193. The molecular formula is C13H29N3O. The summed E-state index contributed by atoms with van der Waals surface area (Å²) in [6.45, 7) is 7.45. The van der Waals surface area contributed by atoms with E-state index >= 15 is 0 Å². The summed E-state index contributed by atoms with van der Waals surface area (Å²) in [4.78, 5) is 2.36. The fourth-order valence-corrected chi connectivity index (χ4v) is 1.87. The van der Waals surface area contributed by atoms with Gasteiger partial charge in [-0.3, -0.25) is 0 Å². The summed E-state index contributed by atoms with van der Waals surface area (Å²) in [6, 6.07) is 0. The number of hydrogen-bond donors (Lipinski definition) is 2. The molecule has 0 aliphatic heterocycles. The van der Waals surface area contributed by atoms with E-state index in [2.05, 4.69) is 23.9 Å². The molecule has 0 amide bonds. The molecule has 0 saturated carbocycles. The van der Waals surface area contributed by atoms with Crippen molar-refractivity contribution < 1.29 is 5.21 Å². The Bertz CT molecular complexity index is 195. The number of unbranched alkanes of at least 4 members (excludes halogenated alkanes) is 5. The second-order valence-corrected chi connectivity index (χ2v) is 4.54. The average molecular weight is 243 g/mol. The van der Waals surface area contributed by atoms with E-state index in [9.17, 15) is 0 Å². The zero-order valence-electron chi connectivity index (χ0n) is 11.5. The first-order valence-corrected chi connectivity index (χ1v) is 6.93. The topological polar surface area (TPSA) is 61.8 Å². The Morgan fingerprint density at radius 1 is 1.06 bits per heavy atom. The Hall–Kier alpha value is -0.770. The molecule has 17 heavy (non-hydrogen) atoms. The third-order valence-electron chi connectivity index (χ3n) is 3.09. The molecule has 4 nitrogen and oxygen atoms in total. The Morgan fingerprint density at radius 3 is 2.29 bits per heavy atom. The highest BCUT2D eigenvalue weighted by Crippen LogP contribution is 2.06. The van der Waals surface area contributed by atoms with Gasteiger partial charge in [0.25, 0.3) is 0 Å². The van der Waals surface area contributed by atoms with Crippen LogP contribution in [0.4, 0.5) is 0 Å². The van der Waals surface area contributed by atoms with Crippen molar-refractivity contribution in [2.24, 2.45) is 10.9 Å². The first kappa shape index (κ1) is 16.2. The minimum atomic E-state index is 0.325. The molecule has 0 saturated heterocycles. The molecule has 0 fully saturated rings. The van der Waals surface area contributed by atoms with Gasteiger partial charge in [0.1, 0.15) is 5.84 Å². The van der Waals surface area contributed by atoms with Crippen LogP contribution in [0.1, 0.15) is 58.8 Å². The van der Waals surface area contributed by atoms with Crippen LogP contribution in [0, 0.1) is 0 Å². The smallest absolute Gasteiger partial charge is 0.140 e. The number of oxime groups is 1. The third-order valence-corrected chi connectivity index (χ3v) is 3.09. The highest BCUT2D eigenvalue weighted by atomic mass is 16.4. The van der Waals surface area contributed by atoms with Crippen LogP contribution in [0.2, 0.25) is 0 Å². The minimum absolute atomic E-state index is 0.325. The first-order chi connectivity index (χ1) is 8.24. The van der Waals surface area contributed by atoms with Crippen LogP contribution in [-0.2, 0) is 0 Å². The fourth-order valence-electron chi connectivity index (χ4n) is 1.87. The van der Waals surface area contributed by atoms with E-state index in [1.54, 1.807) is 0 Å². The van der Waals surface area contributed by atoms with Gasteiger partial charge in [0.2, 0.25) is 0 Å². The molecule has 0 atom stereocenters. The van der Waals surface area contributed by atoms with Gasteiger partial charge < -0.3 is 15.8 Å². The second kappa shape index (κ2) is 11.7. The largest absolute Gasteiger partial charge is 0.409 e. The summed E-state index contributed by atoms with van der Waals surface area (Å²) in [5.41, 5.74) is 5.46. The number of nitrogens with zero attached hydrogens (tertiary/aromatic N) is 2. The van der Waals surface area contributed by atoms with Crippen LogP contribution in [0.5, 0.6) is 0 Å². The van der Waals surface area contributed by atoms with Crippen LogP contribution < -0.4 is 5.73 Å². The SMILES string of the molecule is CCCCCCCCN(CC)CCC(N)=NO. The van der Waals surface area contributed by atoms with Gasteiger partial charge in [0.05, 0.1) is 0 Å². The molecule has 0 radical (unpaired) electrons. The molecule has 0 unspecified atom stereocenters. The summed E-state index contributed by atoms with van der Waals surface area (Å²) in [5, 5.41) is 11.5. The van der Waals surface area contributed by atoms with Gasteiger partial charge in [0, 0.05) is 13.0 Å². The summed E-state index contributed by atoms with van der Waals surface area (Å²) in [7, 11) is 0. The number of rotatable bonds is 11. The maximum atomic E-state index is 8.46. The van der Waals surface area contributed by atoms with Gasteiger partial charge in [0.15, 0.2) is 0 Å². The Morgan fingerprint density at radius 2 is 1.71 bits per heavy atom. The van der Waals surface area contributed by atoms with E-state index in [1.165, 1.54) is 38.5 Å². The van der Waals surface area contributed by atoms with Crippen molar-refractivity contribution in [2.45, 2.75) is 58.8 Å². The number of nitrogens with two attached hydrogens (primary N) is 1. The number of hydrogen-bond acceptors (Lipinski definition) is 3. The normalized spacial score (nSPS) is 12.3. The summed E-state index contributed by atoms with van der Waals surface area (Å²) < 4.78 is 0. The van der Waals surface area contributed by atoms with Crippen LogP contribution in [0.3, 0.4) is 0 Å². The van der Waals surface area contributed by atoms with Gasteiger partial charge in [-0.25, -0.2) is 0 Å². The predicted molar refractivity (Wildman–Crippen MR) is 73.5 cm³/mol. The summed E-state index contributed by atoms with van der Waals surface area (Å²) in [5.74, 6) is 0.325. The first-order valence-electron chi connectivity index (χ1n) is 6.93. The lowest BCUT2D eigenvalue weighted by atomic mass is 10.1. The van der Waals surface area contributed by atoms with E-state index in [4.69, 9.17) is 10.9 Å². The van der Waals surface area contributed by atoms with Gasteiger partial charge >= 0.3 is 0 Å². The lowest BCUT2D eigenvalue weighted by molar-refractivity contribution is 0.283. The van der Waals surface area contributed by atoms with E-state index in [0.717, 1.165) is 19.6 Å². The van der Waals surface area contributed by atoms with Crippen molar-refractivity contribution >= 4 is 5.84 Å². The monoisotopic (exact) mass is 243 g/mol. The van der Waals surface area contributed by atoms with Gasteiger partial charge in [-0.05, 0) is 19.5 Å². The minimum Gasteiger partial charge on any atom is -0.409 e. The van der Waals surface area contributed by atoms with Crippen LogP contribution >= 0.6 is 0 Å². The molecule has 0 aromatic heterocycles. The predicted octanol–water partition coefficient (Wildman–Crippen LogP) is 2.81. The molecule has 102 valence electrons. The fraction of sp³-hybridized carbons (Fsp3) is 0.923. The van der Waals surface area contributed by atoms with E-state index in [0.29, 0.717) is 12.3 Å². The number of amidine groups is 1. The summed E-state index contributed by atoms with van der Waals surface area (Å²) in [6.07, 6.45) is 8.62. The van der Waals surface area contributed by atoms with Crippen molar-refractivity contribution in [3.63, 3.8) is 0 Å². The molecule has 0 spiro atoms. The molecule has 0 heterocycles. The molecule has 0 aliphatic rings. The molecule has 0 aliphatic carbocycles. The van der Waals surface area contributed by atoms with Crippen molar-refractivity contribution in [3.8, 4) is 0 Å². The van der Waals surface area contributed by atoms with Gasteiger partial charge in [-0.2, -0.15) is 0 Å². The average Bonchev–Trinajstić information content (AvgIpc) is 2.36. The Labute approximate surface area is 106 Å². The molecule has 4 heteroatoms. The molecular weight excluding hydrogens is 214 g/mol. The van der Waals surface area contributed by atoms with Crippen molar-refractivity contribution in [1.82, 2.24) is 4.90 Å². The molecule has 0 rings (SSSR count). The Kier molecular flexibility index (Phi) is 11.2. The maximum Gasteiger partial charge on any atom is 0.140 e. The highest BCUT2D eigenvalue weighted by Gasteiger charge is 2.03.